The Kier molecular flexibility index (Phi) is 7.58. The zero-order valence-electron chi connectivity index (χ0n) is 16.0. The summed E-state index contributed by atoms with van der Waals surface area (Å²) < 4.78 is 5.83. The van der Waals surface area contributed by atoms with Gasteiger partial charge < -0.3 is 10.1 Å². The van der Waals surface area contributed by atoms with Gasteiger partial charge in [-0.15, -0.1) is 0 Å². The van der Waals surface area contributed by atoms with E-state index in [0.29, 0.717) is 22.9 Å². The number of halogens is 1. The van der Waals surface area contributed by atoms with Crippen LogP contribution in [0.1, 0.15) is 16.7 Å². The molecule has 0 saturated heterocycles. The molecule has 0 spiro atoms. The van der Waals surface area contributed by atoms with Gasteiger partial charge in [0.05, 0.1) is 6.21 Å². The van der Waals surface area contributed by atoms with Crippen LogP contribution >= 0.6 is 11.6 Å². The summed E-state index contributed by atoms with van der Waals surface area (Å²) in [7, 11) is 0. The lowest BCUT2D eigenvalue weighted by atomic mass is 10.2. The van der Waals surface area contributed by atoms with Crippen LogP contribution in [0.3, 0.4) is 0 Å². The van der Waals surface area contributed by atoms with E-state index < -0.39 is 11.8 Å². The van der Waals surface area contributed by atoms with E-state index in [1.807, 2.05) is 48.5 Å². The average molecular weight is 422 g/mol. The highest BCUT2D eigenvalue weighted by Gasteiger charge is 2.12. The monoisotopic (exact) mass is 421 g/mol. The number of carbonyl (C=O) groups is 2. The molecule has 0 aliphatic carbocycles. The van der Waals surface area contributed by atoms with Crippen molar-refractivity contribution in [3.05, 3.63) is 101 Å². The van der Waals surface area contributed by atoms with Crippen LogP contribution in [0.15, 0.2) is 84.0 Å². The number of amides is 2. The van der Waals surface area contributed by atoms with Crippen molar-refractivity contribution in [2.75, 3.05) is 0 Å². The Morgan fingerprint density at radius 3 is 2.33 bits per heavy atom. The molecule has 3 aromatic carbocycles. The molecule has 0 atom stereocenters. The molecule has 0 fully saturated rings. The van der Waals surface area contributed by atoms with Crippen LogP contribution in [0, 0.1) is 0 Å². The minimum absolute atomic E-state index is 0.212. The molecule has 0 aliphatic heterocycles. The zero-order valence-corrected chi connectivity index (χ0v) is 16.8. The van der Waals surface area contributed by atoms with E-state index in [1.54, 1.807) is 30.3 Å². The lowest BCUT2D eigenvalue weighted by Gasteiger charge is -2.09. The number of hydrogen-bond donors (Lipinski definition) is 2. The second kappa shape index (κ2) is 10.8. The standard InChI is InChI=1S/C23H20ClN3O3/c24-20-12-10-17(11-13-20)14-25-22(28)23(29)27-26-15-19-8-4-5-9-21(19)30-16-18-6-2-1-3-7-18/h1-13,15H,14,16H2,(H,25,28)(H,27,29)/b26-15-. The van der Waals surface area contributed by atoms with Gasteiger partial charge in [-0.2, -0.15) is 5.10 Å². The molecule has 0 saturated carbocycles. The first-order valence-electron chi connectivity index (χ1n) is 9.23. The number of ether oxygens (including phenoxy) is 1. The van der Waals surface area contributed by atoms with Gasteiger partial charge in [-0.05, 0) is 35.4 Å². The molecule has 0 bridgehead atoms. The molecule has 7 heteroatoms. The zero-order chi connectivity index (χ0) is 21.2. The maximum Gasteiger partial charge on any atom is 0.329 e. The minimum Gasteiger partial charge on any atom is -0.488 e. The number of benzene rings is 3. The van der Waals surface area contributed by atoms with E-state index in [9.17, 15) is 9.59 Å². The van der Waals surface area contributed by atoms with Crippen LogP contribution in [0.2, 0.25) is 5.02 Å². The summed E-state index contributed by atoms with van der Waals surface area (Å²) in [6.07, 6.45) is 1.44. The maximum absolute atomic E-state index is 11.9. The highest BCUT2D eigenvalue weighted by Crippen LogP contribution is 2.17. The minimum atomic E-state index is -0.858. The van der Waals surface area contributed by atoms with Crippen molar-refractivity contribution >= 4 is 29.6 Å². The second-order valence-corrected chi connectivity index (χ2v) is 6.76. The summed E-state index contributed by atoms with van der Waals surface area (Å²) in [6, 6.07) is 24.0. The van der Waals surface area contributed by atoms with Crippen LogP contribution in [0.4, 0.5) is 0 Å². The lowest BCUT2D eigenvalue weighted by molar-refractivity contribution is -0.139. The third-order valence-electron chi connectivity index (χ3n) is 4.10. The van der Waals surface area contributed by atoms with E-state index >= 15 is 0 Å². The van der Waals surface area contributed by atoms with Crippen LogP contribution in [-0.4, -0.2) is 18.0 Å². The number of para-hydroxylation sites is 1. The highest BCUT2D eigenvalue weighted by molar-refractivity contribution is 6.35. The number of nitrogens with zero attached hydrogens (tertiary/aromatic N) is 1. The first-order valence-corrected chi connectivity index (χ1v) is 9.61. The second-order valence-electron chi connectivity index (χ2n) is 6.32. The fraction of sp³-hybridized carbons (Fsp3) is 0.0870. The molecule has 3 aromatic rings. The number of hydrogen-bond acceptors (Lipinski definition) is 4. The van der Waals surface area contributed by atoms with Crippen molar-refractivity contribution in [3.63, 3.8) is 0 Å². The normalized spacial score (nSPS) is 10.6. The SMILES string of the molecule is O=C(NCc1ccc(Cl)cc1)C(=O)N/N=C\c1ccccc1OCc1ccccc1. The molecule has 2 N–H and O–H groups in total. The van der Waals surface area contributed by atoms with Gasteiger partial charge >= 0.3 is 11.8 Å². The topological polar surface area (TPSA) is 79.8 Å². The Labute approximate surface area is 179 Å². The molecule has 3 rings (SSSR count). The molecule has 0 aliphatic rings. The van der Waals surface area contributed by atoms with Gasteiger partial charge in [-0.25, -0.2) is 5.43 Å². The fourth-order valence-corrected chi connectivity index (χ4v) is 2.66. The van der Waals surface area contributed by atoms with Gasteiger partial charge in [-0.1, -0.05) is 66.2 Å². The number of rotatable bonds is 7. The van der Waals surface area contributed by atoms with E-state index in [4.69, 9.17) is 16.3 Å². The summed E-state index contributed by atoms with van der Waals surface area (Å²) in [5.41, 5.74) is 4.76. The molecule has 0 unspecified atom stereocenters. The molecule has 30 heavy (non-hydrogen) atoms. The van der Waals surface area contributed by atoms with Gasteiger partial charge in [0, 0.05) is 17.1 Å². The van der Waals surface area contributed by atoms with E-state index in [2.05, 4.69) is 15.8 Å². The Bertz CT molecular complexity index is 1020. The van der Waals surface area contributed by atoms with Crippen molar-refractivity contribution in [1.29, 1.82) is 0 Å². The number of nitrogens with one attached hydrogen (secondary N) is 2. The molecular formula is C23H20ClN3O3. The molecule has 0 heterocycles. The quantitative estimate of drug-likeness (QED) is 0.347. The van der Waals surface area contributed by atoms with Gasteiger partial charge in [0.1, 0.15) is 12.4 Å². The van der Waals surface area contributed by atoms with Crippen molar-refractivity contribution in [2.24, 2.45) is 5.10 Å². The summed E-state index contributed by atoms with van der Waals surface area (Å²) in [5, 5.41) is 6.99. The average Bonchev–Trinajstić information content (AvgIpc) is 2.78. The van der Waals surface area contributed by atoms with Crippen molar-refractivity contribution in [2.45, 2.75) is 13.2 Å². The predicted octanol–water partition coefficient (Wildman–Crippen LogP) is 3.69. The largest absolute Gasteiger partial charge is 0.488 e. The van der Waals surface area contributed by atoms with Gasteiger partial charge in [0.2, 0.25) is 0 Å². The lowest BCUT2D eigenvalue weighted by Crippen LogP contribution is -2.37. The van der Waals surface area contributed by atoms with Gasteiger partial charge in [-0.3, -0.25) is 9.59 Å². The van der Waals surface area contributed by atoms with Gasteiger partial charge in [0.15, 0.2) is 0 Å². The Morgan fingerprint density at radius 1 is 0.867 bits per heavy atom. The third-order valence-corrected chi connectivity index (χ3v) is 4.35. The van der Waals surface area contributed by atoms with E-state index in [1.165, 1.54) is 6.21 Å². The van der Waals surface area contributed by atoms with Crippen molar-refractivity contribution < 1.29 is 14.3 Å². The molecule has 152 valence electrons. The Hall–Kier alpha value is -3.64. The third kappa shape index (κ3) is 6.46. The van der Waals surface area contributed by atoms with Crippen molar-refractivity contribution in [1.82, 2.24) is 10.7 Å². The summed E-state index contributed by atoms with van der Waals surface area (Å²) in [6.45, 7) is 0.619. The summed E-state index contributed by atoms with van der Waals surface area (Å²) in [5.74, 6) is -1.02. The molecular weight excluding hydrogens is 402 g/mol. The van der Waals surface area contributed by atoms with Crippen LogP contribution < -0.4 is 15.5 Å². The number of carbonyl (C=O) groups excluding carboxylic acids is 2. The molecule has 6 nitrogen and oxygen atoms in total. The molecule has 0 aromatic heterocycles. The molecule has 2 amide bonds. The summed E-state index contributed by atoms with van der Waals surface area (Å²) in [4.78, 5) is 23.8. The van der Waals surface area contributed by atoms with Crippen LogP contribution in [0.25, 0.3) is 0 Å². The van der Waals surface area contributed by atoms with Gasteiger partial charge in [0.25, 0.3) is 0 Å². The highest BCUT2D eigenvalue weighted by atomic mass is 35.5. The van der Waals surface area contributed by atoms with E-state index in [0.717, 1.165) is 11.1 Å². The van der Waals surface area contributed by atoms with E-state index in [-0.39, 0.29) is 6.54 Å². The Morgan fingerprint density at radius 2 is 1.57 bits per heavy atom. The first kappa shape index (κ1) is 21.1. The maximum atomic E-state index is 11.9. The predicted molar refractivity (Wildman–Crippen MR) is 116 cm³/mol. The Balaban J connectivity index is 1.51. The van der Waals surface area contributed by atoms with Crippen LogP contribution in [0.5, 0.6) is 5.75 Å². The smallest absolute Gasteiger partial charge is 0.329 e. The summed E-state index contributed by atoms with van der Waals surface area (Å²) >= 11 is 5.82. The molecule has 0 radical (unpaired) electrons. The van der Waals surface area contributed by atoms with Crippen LogP contribution in [-0.2, 0) is 22.7 Å². The van der Waals surface area contributed by atoms with Crippen molar-refractivity contribution in [3.8, 4) is 5.75 Å². The fourth-order valence-electron chi connectivity index (χ4n) is 2.53. The first-order chi connectivity index (χ1) is 14.6. The number of hydrazone groups is 1.